The molecule has 0 fully saturated rings. The number of anilines is 1. The summed E-state index contributed by atoms with van der Waals surface area (Å²) in [5.41, 5.74) is 4.32. The van der Waals surface area contributed by atoms with Crippen LogP contribution in [0.4, 0.5) is 5.69 Å². The van der Waals surface area contributed by atoms with Gasteiger partial charge in [0.1, 0.15) is 18.2 Å². The molecule has 7 nitrogen and oxygen atoms in total. The van der Waals surface area contributed by atoms with Crippen molar-refractivity contribution in [3.8, 4) is 17.6 Å². The third-order valence-electron chi connectivity index (χ3n) is 5.56. The van der Waals surface area contributed by atoms with E-state index in [4.69, 9.17) is 9.47 Å². The van der Waals surface area contributed by atoms with Gasteiger partial charge in [-0.15, -0.1) is 6.58 Å². The Bertz CT molecular complexity index is 1370. The lowest BCUT2D eigenvalue weighted by molar-refractivity contribution is -0.112. The van der Waals surface area contributed by atoms with Crippen molar-refractivity contribution in [3.63, 3.8) is 0 Å². The highest BCUT2D eigenvalue weighted by molar-refractivity contribution is 6.09. The highest BCUT2D eigenvalue weighted by atomic mass is 16.5. The molecule has 0 unspecified atom stereocenters. The number of carbonyl (C=O) groups is 2. The van der Waals surface area contributed by atoms with Crippen molar-refractivity contribution in [1.82, 2.24) is 0 Å². The molecule has 0 aliphatic carbocycles. The molecule has 38 heavy (non-hydrogen) atoms. The lowest BCUT2D eigenvalue weighted by Crippen LogP contribution is -2.13. The van der Waals surface area contributed by atoms with E-state index in [9.17, 15) is 14.9 Å². The fourth-order valence-corrected chi connectivity index (χ4v) is 3.66. The number of allylic oxidation sites excluding steroid dienone is 1. The predicted octanol–water partition coefficient (Wildman–Crippen LogP) is 6.03. The predicted molar refractivity (Wildman–Crippen MR) is 147 cm³/mol. The molecule has 0 saturated heterocycles. The molecule has 3 rings (SSSR count). The summed E-state index contributed by atoms with van der Waals surface area (Å²) in [5, 5.41) is 12.4. The Balaban J connectivity index is 1.88. The van der Waals surface area contributed by atoms with E-state index in [2.05, 4.69) is 16.6 Å². The van der Waals surface area contributed by atoms with E-state index in [-0.39, 0.29) is 5.57 Å². The summed E-state index contributed by atoms with van der Waals surface area (Å²) in [4.78, 5) is 24.4. The first-order valence-electron chi connectivity index (χ1n) is 12.1. The molecule has 194 valence electrons. The highest BCUT2D eigenvalue weighted by Crippen LogP contribution is 2.35. The van der Waals surface area contributed by atoms with Crippen LogP contribution in [0.5, 0.6) is 11.5 Å². The number of ether oxygens (including phenoxy) is 3. The monoisotopic (exact) mass is 510 g/mol. The average molecular weight is 511 g/mol. The summed E-state index contributed by atoms with van der Waals surface area (Å²) in [6, 6.07) is 19.8. The normalized spacial score (nSPS) is 10.7. The van der Waals surface area contributed by atoms with Gasteiger partial charge in [-0.25, -0.2) is 4.79 Å². The number of methoxy groups -OCH3 is 1. The van der Waals surface area contributed by atoms with Gasteiger partial charge in [0.25, 0.3) is 5.91 Å². The molecular weight excluding hydrogens is 480 g/mol. The molecule has 0 atom stereocenters. The van der Waals surface area contributed by atoms with Crippen LogP contribution in [0.3, 0.4) is 0 Å². The van der Waals surface area contributed by atoms with Crippen LogP contribution in [0.1, 0.15) is 39.5 Å². The SMILES string of the molecule is C=CCc1cc(/C=C(\C#N)C(=O)Nc2ccc(C(=O)OC)cc2)cc(OCC)c1OCc1ccc(C)cc1. The number of carbonyl (C=O) groups excluding carboxylic acids is 2. The Morgan fingerprint density at radius 2 is 1.76 bits per heavy atom. The second-order valence-electron chi connectivity index (χ2n) is 8.40. The molecule has 0 bridgehead atoms. The summed E-state index contributed by atoms with van der Waals surface area (Å²) in [5.74, 6) is 0.0490. The highest BCUT2D eigenvalue weighted by Gasteiger charge is 2.16. The number of amides is 1. The molecule has 0 heterocycles. The second-order valence-corrected chi connectivity index (χ2v) is 8.40. The van der Waals surface area contributed by atoms with Crippen molar-refractivity contribution in [2.24, 2.45) is 0 Å². The van der Waals surface area contributed by atoms with Gasteiger partial charge >= 0.3 is 5.97 Å². The van der Waals surface area contributed by atoms with Crippen molar-refractivity contribution in [2.75, 3.05) is 19.0 Å². The van der Waals surface area contributed by atoms with Crippen LogP contribution in [0, 0.1) is 18.3 Å². The summed E-state index contributed by atoms with van der Waals surface area (Å²) >= 11 is 0. The molecular formula is C31H30N2O5. The van der Waals surface area contributed by atoms with Crippen LogP contribution < -0.4 is 14.8 Å². The summed E-state index contributed by atoms with van der Waals surface area (Å²) in [6.45, 7) is 8.53. The average Bonchev–Trinajstić information content (AvgIpc) is 2.92. The second kappa shape index (κ2) is 13.5. The van der Waals surface area contributed by atoms with Crippen LogP contribution >= 0.6 is 0 Å². The first-order chi connectivity index (χ1) is 18.4. The van der Waals surface area contributed by atoms with Gasteiger partial charge in [0, 0.05) is 11.3 Å². The maximum atomic E-state index is 12.8. The van der Waals surface area contributed by atoms with Crippen LogP contribution in [0.25, 0.3) is 6.08 Å². The topological polar surface area (TPSA) is 97.7 Å². The molecule has 0 radical (unpaired) electrons. The lowest BCUT2D eigenvalue weighted by atomic mass is 10.0. The quantitative estimate of drug-likeness (QED) is 0.146. The Labute approximate surface area is 223 Å². The van der Waals surface area contributed by atoms with Gasteiger partial charge in [-0.2, -0.15) is 5.26 Å². The van der Waals surface area contributed by atoms with Crippen molar-refractivity contribution < 1.29 is 23.8 Å². The maximum Gasteiger partial charge on any atom is 0.337 e. The van der Waals surface area contributed by atoms with E-state index in [0.717, 1.165) is 11.1 Å². The molecule has 0 saturated carbocycles. The smallest absolute Gasteiger partial charge is 0.337 e. The molecule has 1 N–H and O–H groups in total. The minimum absolute atomic E-state index is 0.0950. The molecule has 0 aliphatic rings. The number of nitrogens with one attached hydrogen (secondary N) is 1. The molecule has 1 amide bonds. The molecule has 7 heteroatoms. The summed E-state index contributed by atoms with van der Waals surface area (Å²) < 4.78 is 16.7. The van der Waals surface area contributed by atoms with E-state index in [1.807, 2.05) is 50.2 Å². The van der Waals surface area contributed by atoms with E-state index in [1.165, 1.54) is 30.9 Å². The van der Waals surface area contributed by atoms with Crippen LogP contribution in [0.2, 0.25) is 0 Å². The molecule has 0 aromatic heterocycles. The largest absolute Gasteiger partial charge is 0.490 e. The molecule has 3 aromatic rings. The van der Waals surface area contributed by atoms with E-state index >= 15 is 0 Å². The first-order valence-corrected chi connectivity index (χ1v) is 12.1. The molecule has 0 aliphatic heterocycles. The van der Waals surface area contributed by atoms with E-state index < -0.39 is 11.9 Å². The summed E-state index contributed by atoms with van der Waals surface area (Å²) in [7, 11) is 1.29. The number of hydrogen-bond acceptors (Lipinski definition) is 6. The van der Waals surface area contributed by atoms with Crippen molar-refractivity contribution in [3.05, 3.63) is 107 Å². The fourth-order valence-electron chi connectivity index (χ4n) is 3.66. The lowest BCUT2D eigenvalue weighted by Gasteiger charge is -2.17. The number of aryl methyl sites for hydroxylation is 1. The van der Waals surface area contributed by atoms with Gasteiger partial charge in [0.05, 0.1) is 19.3 Å². The third-order valence-corrected chi connectivity index (χ3v) is 5.56. The number of rotatable bonds is 11. The number of esters is 1. The van der Waals surface area contributed by atoms with E-state index in [1.54, 1.807) is 24.3 Å². The van der Waals surface area contributed by atoms with Crippen molar-refractivity contribution in [2.45, 2.75) is 26.9 Å². The first kappa shape index (κ1) is 27.8. The number of nitriles is 1. The van der Waals surface area contributed by atoms with Gasteiger partial charge in [0.15, 0.2) is 11.5 Å². The maximum absolute atomic E-state index is 12.8. The fraction of sp³-hybridized carbons (Fsp3) is 0.194. The zero-order valence-electron chi connectivity index (χ0n) is 21.7. The number of nitrogens with zero attached hydrogens (tertiary/aromatic N) is 1. The van der Waals surface area contributed by atoms with Gasteiger partial charge < -0.3 is 19.5 Å². The van der Waals surface area contributed by atoms with Gasteiger partial charge in [-0.05, 0) is 73.9 Å². The Kier molecular flexibility index (Phi) is 9.84. The van der Waals surface area contributed by atoms with Crippen molar-refractivity contribution >= 4 is 23.6 Å². The van der Waals surface area contributed by atoms with Crippen LogP contribution in [-0.4, -0.2) is 25.6 Å². The number of benzene rings is 3. The van der Waals surface area contributed by atoms with Gasteiger partial charge in [-0.3, -0.25) is 4.79 Å². The van der Waals surface area contributed by atoms with Gasteiger partial charge in [-0.1, -0.05) is 35.9 Å². The number of hydrogen-bond donors (Lipinski definition) is 1. The zero-order chi connectivity index (χ0) is 27.5. The molecule has 0 spiro atoms. The van der Waals surface area contributed by atoms with E-state index in [0.29, 0.717) is 47.9 Å². The van der Waals surface area contributed by atoms with Crippen LogP contribution in [0.15, 0.2) is 78.9 Å². The Morgan fingerprint density at radius 1 is 1.05 bits per heavy atom. The minimum Gasteiger partial charge on any atom is -0.490 e. The Morgan fingerprint density at radius 3 is 2.37 bits per heavy atom. The summed E-state index contributed by atoms with van der Waals surface area (Å²) in [6.07, 6.45) is 3.76. The third kappa shape index (κ3) is 7.34. The van der Waals surface area contributed by atoms with Gasteiger partial charge in [0.2, 0.25) is 0 Å². The van der Waals surface area contributed by atoms with Crippen molar-refractivity contribution in [1.29, 1.82) is 5.26 Å². The molecule has 3 aromatic carbocycles. The standard InChI is InChI=1S/C31H30N2O5/c1-5-7-25-16-23(18-28(37-6-2)29(25)38-20-22-10-8-21(3)9-11-22)17-26(19-32)30(34)33-27-14-12-24(13-15-27)31(35)36-4/h5,8-18H,1,6-7,20H2,2-4H3,(H,33,34)/b26-17+. The zero-order valence-corrected chi connectivity index (χ0v) is 21.7. The minimum atomic E-state index is -0.582. The Hall–Kier alpha value is -4.83. The van der Waals surface area contributed by atoms with Crippen LogP contribution in [-0.2, 0) is 22.6 Å².